The van der Waals surface area contributed by atoms with Crippen LogP contribution in [-0.2, 0) is 0 Å². The molecule has 1 rings (SSSR count). The first-order valence-electron chi connectivity index (χ1n) is 2.17. The minimum absolute atomic E-state index is 1.26. The van der Waals surface area contributed by atoms with E-state index in [-0.39, 0.29) is 0 Å². The Hall–Kier alpha value is -0.280. The first-order valence-corrected chi connectivity index (χ1v) is 2.17. The summed E-state index contributed by atoms with van der Waals surface area (Å²) in [6.07, 6.45) is -2.53. The molecule has 0 aliphatic heterocycles. The molecule has 0 radical (unpaired) electrons. The van der Waals surface area contributed by atoms with Gasteiger partial charge in [-0.2, -0.15) is 0 Å². The van der Waals surface area contributed by atoms with Gasteiger partial charge in [0, 0.05) is 0 Å². The van der Waals surface area contributed by atoms with E-state index in [9.17, 15) is 17.6 Å². The van der Waals surface area contributed by atoms with Gasteiger partial charge in [0.25, 0.3) is 11.8 Å². The molecular weight excluding hydrogens is 124 g/mol. The van der Waals surface area contributed by atoms with Crippen molar-refractivity contribution in [2.45, 2.75) is 24.7 Å². The SMILES string of the molecule is FC1(F)CC(F)(F)C1. The third-order valence-electron chi connectivity index (χ3n) is 1.03. The smallest absolute Gasteiger partial charge is 0.206 e. The van der Waals surface area contributed by atoms with Crippen molar-refractivity contribution in [1.29, 1.82) is 0 Å². The number of hydrogen-bond acceptors (Lipinski definition) is 0. The fourth-order valence-corrected chi connectivity index (χ4v) is 0.705. The molecule has 1 aliphatic carbocycles. The number of alkyl halides is 4. The van der Waals surface area contributed by atoms with Crippen LogP contribution >= 0.6 is 0 Å². The average Bonchev–Trinajstić information content (AvgIpc) is 1.20. The fourth-order valence-electron chi connectivity index (χ4n) is 0.705. The monoisotopic (exact) mass is 128 g/mol. The van der Waals surface area contributed by atoms with Gasteiger partial charge in [-0.15, -0.1) is 0 Å². The second kappa shape index (κ2) is 1.17. The summed E-state index contributed by atoms with van der Waals surface area (Å²) in [5.74, 6) is -6.19. The second-order valence-corrected chi connectivity index (χ2v) is 2.07. The van der Waals surface area contributed by atoms with Crippen molar-refractivity contribution in [2.75, 3.05) is 0 Å². The van der Waals surface area contributed by atoms with Crippen molar-refractivity contribution in [2.24, 2.45) is 0 Å². The Bertz CT molecular complexity index is 84.6. The van der Waals surface area contributed by atoms with Crippen molar-refractivity contribution >= 4 is 0 Å². The van der Waals surface area contributed by atoms with Gasteiger partial charge in [-0.05, 0) is 0 Å². The molecule has 4 heteroatoms. The van der Waals surface area contributed by atoms with E-state index < -0.39 is 24.7 Å². The molecule has 0 nitrogen and oxygen atoms in total. The highest BCUT2D eigenvalue weighted by Crippen LogP contribution is 2.48. The predicted octanol–water partition coefficient (Wildman–Crippen LogP) is 2.05. The zero-order valence-corrected chi connectivity index (χ0v) is 3.93. The van der Waals surface area contributed by atoms with E-state index in [1.165, 1.54) is 0 Å². The minimum atomic E-state index is -3.09. The lowest BCUT2D eigenvalue weighted by Crippen LogP contribution is -2.44. The van der Waals surface area contributed by atoms with Crippen molar-refractivity contribution in [3.63, 3.8) is 0 Å². The average molecular weight is 128 g/mol. The molecule has 0 spiro atoms. The summed E-state index contributed by atoms with van der Waals surface area (Å²) in [5.41, 5.74) is 0. The van der Waals surface area contributed by atoms with E-state index in [0.29, 0.717) is 0 Å². The van der Waals surface area contributed by atoms with Gasteiger partial charge in [0.15, 0.2) is 0 Å². The number of rotatable bonds is 0. The Morgan fingerprint density at radius 1 is 0.750 bits per heavy atom. The van der Waals surface area contributed by atoms with Gasteiger partial charge in [0.2, 0.25) is 0 Å². The van der Waals surface area contributed by atoms with Crippen LogP contribution in [0.1, 0.15) is 12.8 Å². The van der Waals surface area contributed by atoms with Crippen molar-refractivity contribution in [1.82, 2.24) is 0 Å². The zero-order chi connectivity index (χ0) is 6.41. The van der Waals surface area contributed by atoms with Crippen LogP contribution in [0.4, 0.5) is 17.6 Å². The van der Waals surface area contributed by atoms with Crippen molar-refractivity contribution in [3.8, 4) is 0 Å². The van der Waals surface area contributed by atoms with Crippen LogP contribution in [0.15, 0.2) is 0 Å². The highest BCUT2D eigenvalue weighted by Gasteiger charge is 2.58. The van der Waals surface area contributed by atoms with Crippen LogP contribution in [0, 0.1) is 0 Å². The molecular formula is C4H4F4. The molecule has 8 heavy (non-hydrogen) atoms. The topological polar surface area (TPSA) is 0 Å². The van der Waals surface area contributed by atoms with Crippen molar-refractivity contribution in [3.05, 3.63) is 0 Å². The maximum atomic E-state index is 11.6. The summed E-state index contributed by atoms with van der Waals surface area (Å²) in [5, 5.41) is 0. The van der Waals surface area contributed by atoms with Gasteiger partial charge in [-0.25, -0.2) is 17.6 Å². The summed E-state index contributed by atoms with van der Waals surface area (Å²) in [6, 6.07) is 0. The zero-order valence-electron chi connectivity index (χ0n) is 3.93. The van der Waals surface area contributed by atoms with Gasteiger partial charge in [-0.1, -0.05) is 0 Å². The lowest BCUT2D eigenvalue weighted by molar-refractivity contribution is -0.227. The second-order valence-electron chi connectivity index (χ2n) is 2.07. The maximum absolute atomic E-state index is 11.6. The van der Waals surface area contributed by atoms with Crippen LogP contribution in [0.5, 0.6) is 0 Å². The van der Waals surface area contributed by atoms with Gasteiger partial charge in [-0.3, -0.25) is 0 Å². The maximum Gasteiger partial charge on any atom is 0.259 e. The Labute approximate surface area is 43.5 Å². The molecule has 1 aliphatic rings. The van der Waals surface area contributed by atoms with Crippen molar-refractivity contribution < 1.29 is 17.6 Å². The van der Waals surface area contributed by atoms with Crippen LogP contribution in [0.25, 0.3) is 0 Å². The first-order chi connectivity index (χ1) is 3.41. The Morgan fingerprint density at radius 2 is 1.00 bits per heavy atom. The first kappa shape index (κ1) is 5.85. The van der Waals surface area contributed by atoms with Gasteiger partial charge >= 0.3 is 0 Å². The molecule has 0 N–H and O–H groups in total. The molecule has 0 heterocycles. The van der Waals surface area contributed by atoms with E-state index >= 15 is 0 Å². The van der Waals surface area contributed by atoms with Gasteiger partial charge in [0.05, 0.1) is 12.8 Å². The van der Waals surface area contributed by atoms with Crippen LogP contribution in [-0.4, -0.2) is 11.8 Å². The summed E-state index contributed by atoms with van der Waals surface area (Å²) < 4.78 is 46.2. The Kier molecular flexibility index (Phi) is 0.854. The summed E-state index contributed by atoms with van der Waals surface area (Å²) in [6.45, 7) is 0. The van der Waals surface area contributed by atoms with E-state index in [0.717, 1.165) is 0 Å². The third kappa shape index (κ3) is 0.928. The fraction of sp³-hybridized carbons (Fsp3) is 1.00. The molecule has 0 aromatic rings. The Morgan fingerprint density at radius 3 is 1.00 bits per heavy atom. The van der Waals surface area contributed by atoms with Crippen LogP contribution < -0.4 is 0 Å². The Balaban J connectivity index is 2.42. The predicted molar refractivity (Wildman–Crippen MR) is 19.1 cm³/mol. The molecule has 48 valence electrons. The minimum Gasteiger partial charge on any atom is -0.206 e. The molecule has 0 bridgehead atoms. The van der Waals surface area contributed by atoms with Gasteiger partial charge < -0.3 is 0 Å². The number of hydrogen-bond donors (Lipinski definition) is 0. The molecule has 0 saturated heterocycles. The van der Waals surface area contributed by atoms with Crippen LogP contribution in [0.3, 0.4) is 0 Å². The largest absolute Gasteiger partial charge is 0.259 e. The summed E-state index contributed by atoms with van der Waals surface area (Å²) in [7, 11) is 0. The summed E-state index contributed by atoms with van der Waals surface area (Å²) in [4.78, 5) is 0. The molecule has 0 atom stereocenters. The molecule has 0 aromatic carbocycles. The van der Waals surface area contributed by atoms with Gasteiger partial charge in [0.1, 0.15) is 0 Å². The highest BCUT2D eigenvalue weighted by molar-refractivity contribution is 4.92. The van der Waals surface area contributed by atoms with E-state index in [1.807, 2.05) is 0 Å². The summed E-state index contributed by atoms with van der Waals surface area (Å²) >= 11 is 0. The molecule has 0 amide bonds. The van der Waals surface area contributed by atoms with E-state index in [4.69, 9.17) is 0 Å². The highest BCUT2D eigenvalue weighted by atomic mass is 19.3. The molecule has 0 aromatic heterocycles. The molecule has 1 fully saturated rings. The quantitative estimate of drug-likeness (QED) is 0.438. The number of halogens is 4. The standard InChI is InChI=1S/C4H4F4/c5-3(6)1-4(7,8)2-3/h1-2H2. The third-order valence-corrected chi connectivity index (χ3v) is 1.03. The van der Waals surface area contributed by atoms with Crippen LogP contribution in [0.2, 0.25) is 0 Å². The van der Waals surface area contributed by atoms with E-state index in [1.54, 1.807) is 0 Å². The molecule has 1 saturated carbocycles. The lowest BCUT2D eigenvalue weighted by atomic mass is 9.90. The normalized spacial score (nSPS) is 31.5. The molecule has 0 unspecified atom stereocenters. The lowest BCUT2D eigenvalue weighted by Gasteiger charge is -2.34. The van der Waals surface area contributed by atoms with E-state index in [2.05, 4.69) is 0 Å².